The molecule has 2 atom stereocenters. The van der Waals surface area contributed by atoms with Crippen LogP contribution in [0.2, 0.25) is 5.02 Å². The Labute approximate surface area is 145 Å². The second kappa shape index (κ2) is 7.60. The largest absolute Gasteiger partial charge is 0.374 e. The molecular weight excluding hydrogens is 362 g/mol. The molecule has 1 aliphatic rings. The number of halogens is 2. The fourth-order valence-corrected chi connectivity index (χ4v) is 3.51. The van der Waals surface area contributed by atoms with Gasteiger partial charge in [0.1, 0.15) is 0 Å². The molecule has 116 valence electrons. The van der Waals surface area contributed by atoms with Crippen LogP contribution in [0.5, 0.6) is 0 Å². The normalized spacial score (nSPS) is 20.7. The van der Waals surface area contributed by atoms with Gasteiger partial charge in [-0.1, -0.05) is 70.0 Å². The molecule has 4 heteroatoms. The molecule has 1 heterocycles. The van der Waals surface area contributed by atoms with Gasteiger partial charge in [0.15, 0.2) is 0 Å². The Balaban J connectivity index is 1.63. The van der Waals surface area contributed by atoms with Crippen LogP contribution in [0.15, 0.2) is 54.6 Å². The van der Waals surface area contributed by atoms with Gasteiger partial charge in [-0.3, -0.25) is 4.90 Å². The highest BCUT2D eigenvalue weighted by atomic mass is 79.9. The van der Waals surface area contributed by atoms with E-state index in [0.29, 0.717) is 0 Å². The first kappa shape index (κ1) is 16.0. The number of hydrogen-bond donors (Lipinski definition) is 0. The van der Waals surface area contributed by atoms with Crippen LogP contribution in [0, 0.1) is 0 Å². The first-order valence-electron chi connectivity index (χ1n) is 7.50. The van der Waals surface area contributed by atoms with Gasteiger partial charge in [0.2, 0.25) is 0 Å². The minimum absolute atomic E-state index is 0.152. The fourth-order valence-electron chi connectivity index (χ4n) is 2.76. The van der Waals surface area contributed by atoms with Gasteiger partial charge in [0, 0.05) is 24.7 Å². The molecule has 0 saturated carbocycles. The van der Waals surface area contributed by atoms with E-state index < -0.39 is 0 Å². The number of benzene rings is 2. The summed E-state index contributed by atoms with van der Waals surface area (Å²) in [5, 5.41) is 0.763. The van der Waals surface area contributed by atoms with Crippen LogP contribution >= 0.6 is 27.5 Å². The summed E-state index contributed by atoms with van der Waals surface area (Å²) in [4.78, 5) is 2.64. The molecule has 0 aromatic heterocycles. The van der Waals surface area contributed by atoms with Gasteiger partial charge in [-0.25, -0.2) is 0 Å². The maximum absolute atomic E-state index is 5.97. The predicted octanol–water partition coefficient (Wildman–Crippen LogP) is 4.68. The van der Waals surface area contributed by atoms with E-state index in [1.54, 1.807) is 0 Å². The quantitative estimate of drug-likeness (QED) is 0.714. The van der Waals surface area contributed by atoms with Crippen LogP contribution in [0.3, 0.4) is 0 Å². The Hall–Kier alpha value is -0.870. The molecule has 1 saturated heterocycles. The first-order valence-corrected chi connectivity index (χ1v) is 8.79. The monoisotopic (exact) mass is 379 g/mol. The molecule has 0 bridgehead atoms. The van der Waals surface area contributed by atoms with Crippen molar-refractivity contribution in [2.24, 2.45) is 0 Å². The van der Waals surface area contributed by atoms with Crippen LogP contribution in [0.4, 0.5) is 0 Å². The molecule has 0 amide bonds. The van der Waals surface area contributed by atoms with Crippen molar-refractivity contribution in [2.75, 3.05) is 19.7 Å². The number of rotatable bonds is 4. The molecule has 0 unspecified atom stereocenters. The Morgan fingerprint density at radius 2 is 1.86 bits per heavy atom. The van der Waals surface area contributed by atoms with E-state index in [-0.39, 0.29) is 10.9 Å². The van der Waals surface area contributed by atoms with Crippen LogP contribution < -0.4 is 0 Å². The molecule has 2 nitrogen and oxygen atoms in total. The molecule has 2 aromatic carbocycles. The summed E-state index contributed by atoms with van der Waals surface area (Å²) in [6.45, 7) is 3.65. The average molecular weight is 381 g/mol. The topological polar surface area (TPSA) is 12.5 Å². The third kappa shape index (κ3) is 4.11. The number of nitrogens with zero attached hydrogens (tertiary/aromatic N) is 1. The Morgan fingerprint density at radius 1 is 1.14 bits per heavy atom. The lowest BCUT2D eigenvalue weighted by Gasteiger charge is -2.35. The molecule has 3 rings (SSSR count). The van der Waals surface area contributed by atoms with Crippen molar-refractivity contribution in [2.45, 2.75) is 17.5 Å². The smallest absolute Gasteiger partial charge is 0.0868 e. The van der Waals surface area contributed by atoms with Crippen LogP contribution in [0.1, 0.15) is 16.0 Å². The number of morpholine rings is 1. The third-order valence-electron chi connectivity index (χ3n) is 3.94. The standard InChI is InChI=1S/C18H19BrClNO/c19-18(15-6-8-16(20)9-7-15)17-13-21(10-11-22-17)12-14-4-2-1-3-5-14/h1-9,17-18H,10-13H2/t17-,18+/m0/s1. The van der Waals surface area contributed by atoms with Crippen molar-refractivity contribution in [1.82, 2.24) is 4.90 Å². The van der Waals surface area contributed by atoms with Crippen molar-refractivity contribution >= 4 is 27.5 Å². The molecule has 1 aliphatic heterocycles. The van der Waals surface area contributed by atoms with Crippen molar-refractivity contribution in [1.29, 1.82) is 0 Å². The second-order valence-corrected chi connectivity index (χ2v) is 7.01. The lowest BCUT2D eigenvalue weighted by Crippen LogP contribution is -2.43. The zero-order valence-corrected chi connectivity index (χ0v) is 14.6. The van der Waals surface area contributed by atoms with E-state index >= 15 is 0 Å². The number of alkyl halides is 1. The SMILES string of the molecule is Clc1ccc([C@@H](Br)[C@@H]2CN(Cc3ccccc3)CCO2)cc1. The summed E-state index contributed by atoms with van der Waals surface area (Å²) in [6.07, 6.45) is 0.152. The molecule has 1 fully saturated rings. The van der Waals surface area contributed by atoms with Gasteiger partial charge in [-0.2, -0.15) is 0 Å². The molecule has 0 radical (unpaired) electrons. The zero-order valence-electron chi connectivity index (χ0n) is 12.3. The maximum atomic E-state index is 5.97. The van der Waals surface area contributed by atoms with Crippen LogP contribution in [-0.2, 0) is 11.3 Å². The highest BCUT2D eigenvalue weighted by Crippen LogP contribution is 2.31. The summed E-state index contributed by atoms with van der Waals surface area (Å²) in [5.41, 5.74) is 2.55. The molecule has 0 N–H and O–H groups in total. The predicted molar refractivity (Wildman–Crippen MR) is 94.6 cm³/mol. The van der Waals surface area contributed by atoms with Gasteiger partial charge in [0.05, 0.1) is 17.5 Å². The van der Waals surface area contributed by atoms with Gasteiger partial charge < -0.3 is 4.74 Å². The molecule has 0 aliphatic carbocycles. The van der Waals surface area contributed by atoms with Gasteiger partial charge in [-0.05, 0) is 23.3 Å². The lowest BCUT2D eigenvalue weighted by atomic mass is 10.1. The van der Waals surface area contributed by atoms with E-state index in [9.17, 15) is 0 Å². The Kier molecular flexibility index (Phi) is 5.53. The summed E-state index contributed by atoms with van der Waals surface area (Å²) in [5.74, 6) is 0. The molecule has 2 aromatic rings. The first-order chi connectivity index (χ1) is 10.7. The zero-order chi connectivity index (χ0) is 15.4. The number of ether oxygens (including phenoxy) is 1. The van der Waals surface area contributed by atoms with Crippen molar-refractivity contribution < 1.29 is 4.74 Å². The van der Waals surface area contributed by atoms with E-state index in [2.05, 4.69) is 63.3 Å². The van der Waals surface area contributed by atoms with Gasteiger partial charge in [-0.15, -0.1) is 0 Å². The summed E-state index contributed by atoms with van der Waals surface area (Å²) in [7, 11) is 0. The van der Waals surface area contributed by atoms with E-state index in [1.165, 1.54) is 11.1 Å². The van der Waals surface area contributed by atoms with Crippen molar-refractivity contribution in [3.8, 4) is 0 Å². The number of hydrogen-bond acceptors (Lipinski definition) is 2. The Bertz CT molecular complexity index is 590. The van der Waals surface area contributed by atoms with Gasteiger partial charge in [0.25, 0.3) is 0 Å². The van der Waals surface area contributed by atoms with Crippen LogP contribution in [0.25, 0.3) is 0 Å². The highest BCUT2D eigenvalue weighted by molar-refractivity contribution is 9.09. The van der Waals surface area contributed by atoms with Crippen LogP contribution in [-0.4, -0.2) is 30.7 Å². The van der Waals surface area contributed by atoms with Crippen molar-refractivity contribution in [3.63, 3.8) is 0 Å². The maximum Gasteiger partial charge on any atom is 0.0868 e. The summed E-state index contributed by atoms with van der Waals surface area (Å²) in [6, 6.07) is 18.6. The summed E-state index contributed by atoms with van der Waals surface area (Å²) < 4.78 is 5.97. The van der Waals surface area contributed by atoms with Crippen molar-refractivity contribution in [3.05, 3.63) is 70.7 Å². The minimum Gasteiger partial charge on any atom is -0.374 e. The van der Waals surface area contributed by atoms with Gasteiger partial charge >= 0.3 is 0 Å². The minimum atomic E-state index is 0.152. The summed E-state index contributed by atoms with van der Waals surface area (Å²) >= 11 is 9.75. The lowest BCUT2D eigenvalue weighted by molar-refractivity contribution is -0.0310. The highest BCUT2D eigenvalue weighted by Gasteiger charge is 2.27. The van der Waals surface area contributed by atoms with E-state index in [1.807, 2.05) is 12.1 Å². The average Bonchev–Trinajstić information content (AvgIpc) is 2.56. The van der Waals surface area contributed by atoms with E-state index in [4.69, 9.17) is 16.3 Å². The molecule has 0 spiro atoms. The molecular formula is C18H19BrClNO. The molecule has 22 heavy (non-hydrogen) atoms. The third-order valence-corrected chi connectivity index (χ3v) is 5.31. The fraction of sp³-hybridized carbons (Fsp3) is 0.333. The Morgan fingerprint density at radius 3 is 2.59 bits per heavy atom. The second-order valence-electron chi connectivity index (χ2n) is 5.58. The van der Waals surface area contributed by atoms with E-state index in [0.717, 1.165) is 31.3 Å².